The largest absolute Gasteiger partial charge is 0.282 e. The van der Waals surface area contributed by atoms with Gasteiger partial charge in [0.1, 0.15) is 11.6 Å². The van der Waals surface area contributed by atoms with Crippen LogP contribution in [0.5, 0.6) is 0 Å². The molecule has 1 heterocycles. The molecule has 4 heteroatoms. The van der Waals surface area contributed by atoms with Crippen LogP contribution in [0.4, 0.5) is 0 Å². The van der Waals surface area contributed by atoms with Gasteiger partial charge in [-0.15, -0.1) is 0 Å². The predicted molar refractivity (Wildman–Crippen MR) is 62.8 cm³/mol. The fourth-order valence-electron chi connectivity index (χ4n) is 1.37. The molecule has 0 saturated heterocycles. The van der Waals surface area contributed by atoms with Crippen molar-refractivity contribution in [3.63, 3.8) is 0 Å². The van der Waals surface area contributed by atoms with Crippen molar-refractivity contribution >= 4 is 5.57 Å². The summed E-state index contributed by atoms with van der Waals surface area (Å²) in [6.07, 6.45) is 5.66. The molecule has 0 unspecified atom stereocenters. The average molecular weight is 215 g/mol. The number of nitrogens with one attached hydrogen (secondary N) is 1. The summed E-state index contributed by atoms with van der Waals surface area (Å²) in [6, 6.07) is 1.89. The zero-order valence-corrected chi connectivity index (χ0v) is 9.53. The molecule has 0 aliphatic heterocycles. The number of rotatable bonds is 2. The second kappa shape index (κ2) is 5.08. The molecule has 1 rings (SSSR count). The fraction of sp³-hybridized carbons (Fsp3) is 0.250. The number of hydrogen-bond acceptors (Lipinski definition) is 3. The van der Waals surface area contributed by atoms with Crippen LogP contribution in [0.25, 0.3) is 5.57 Å². The Morgan fingerprint density at radius 3 is 2.81 bits per heavy atom. The number of H-pyrrole nitrogens is 1. The molecular formula is C12H13N3O. The number of aromatic amines is 1. The standard InChI is InChI=1S/C12H13N3O/c1-4-5-6-8(2)11-9(3)10(7-13)12(16)15-14-11/h4-6H,1-3H3,(H,15,16)/b5-4-,8-6+. The fourth-order valence-corrected chi connectivity index (χ4v) is 1.37. The SMILES string of the molecule is C/C=C\C=C(/C)c1n[nH]c(=O)c(C#N)c1C. The maximum atomic E-state index is 11.3. The first-order valence-corrected chi connectivity index (χ1v) is 4.91. The second-order valence-electron chi connectivity index (χ2n) is 3.39. The molecule has 0 aliphatic rings. The van der Waals surface area contributed by atoms with Crippen LogP contribution in [-0.2, 0) is 0 Å². The van der Waals surface area contributed by atoms with Gasteiger partial charge in [-0.25, -0.2) is 5.10 Å². The number of allylic oxidation sites excluding steroid dienone is 4. The number of nitriles is 1. The van der Waals surface area contributed by atoms with Crippen molar-refractivity contribution in [3.05, 3.63) is 45.4 Å². The topological polar surface area (TPSA) is 69.5 Å². The minimum absolute atomic E-state index is 0.123. The minimum Gasteiger partial charge on any atom is -0.267 e. The number of hydrogen-bond donors (Lipinski definition) is 1. The zero-order valence-electron chi connectivity index (χ0n) is 9.53. The van der Waals surface area contributed by atoms with Crippen LogP contribution >= 0.6 is 0 Å². The van der Waals surface area contributed by atoms with Gasteiger partial charge in [-0.05, 0) is 26.3 Å². The van der Waals surface area contributed by atoms with Crippen LogP contribution < -0.4 is 5.56 Å². The van der Waals surface area contributed by atoms with E-state index in [2.05, 4.69) is 10.2 Å². The van der Waals surface area contributed by atoms with E-state index in [4.69, 9.17) is 5.26 Å². The van der Waals surface area contributed by atoms with Crippen LogP contribution in [0.2, 0.25) is 0 Å². The first-order chi connectivity index (χ1) is 7.61. The van der Waals surface area contributed by atoms with E-state index in [0.29, 0.717) is 11.3 Å². The molecule has 82 valence electrons. The Balaban J connectivity index is 3.39. The van der Waals surface area contributed by atoms with E-state index in [0.717, 1.165) is 5.57 Å². The van der Waals surface area contributed by atoms with Crippen LogP contribution in [0.15, 0.2) is 23.0 Å². The third kappa shape index (κ3) is 2.26. The van der Waals surface area contributed by atoms with Gasteiger partial charge in [-0.2, -0.15) is 10.4 Å². The molecule has 0 aliphatic carbocycles. The first kappa shape index (κ1) is 11.9. The van der Waals surface area contributed by atoms with Crippen LogP contribution in [-0.4, -0.2) is 10.2 Å². The zero-order chi connectivity index (χ0) is 12.1. The molecule has 16 heavy (non-hydrogen) atoms. The lowest BCUT2D eigenvalue weighted by Gasteiger charge is -2.04. The second-order valence-corrected chi connectivity index (χ2v) is 3.39. The highest BCUT2D eigenvalue weighted by Crippen LogP contribution is 2.15. The van der Waals surface area contributed by atoms with Gasteiger partial charge >= 0.3 is 0 Å². The summed E-state index contributed by atoms with van der Waals surface area (Å²) in [6.45, 7) is 5.52. The lowest BCUT2D eigenvalue weighted by atomic mass is 10.1. The van der Waals surface area contributed by atoms with Crippen molar-refractivity contribution in [1.29, 1.82) is 5.26 Å². The Morgan fingerprint density at radius 1 is 1.56 bits per heavy atom. The highest BCUT2D eigenvalue weighted by atomic mass is 16.1. The molecule has 0 bridgehead atoms. The molecule has 0 radical (unpaired) electrons. The summed E-state index contributed by atoms with van der Waals surface area (Å²) < 4.78 is 0. The summed E-state index contributed by atoms with van der Waals surface area (Å²) in [7, 11) is 0. The highest BCUT2D eigenvalue weighted by molar-refractivity contribution is 5.66. The van der Waals surface area contributed by atoms with E-state index in [1.54, 1.807) is 6.92 Å². The molecule has 0 spiro atoms. The summed E-state index contributed by atoms with van der Waals surface area (Å²) in [5.41, 5.74) is 1.85. The predicted octanol–water partition coefficient (Wildman–Crippen LogP) is 1.93. The average Bonchev–Trinajstić information content (AvgIpc) is 2.26. The van der Waals surface area contributed by atoms with Gasteiger partial charge < -0.3 is 0 Å². The molecule has 1 aromatic rings. The third-order valence-corrected chi connectivity index (χ3v) is 2.25. The van der Waals surface area contributed by atoms with E-state index < -0.39 is 5.56 Å². The smallest absolute Gasteiger partial charge is 0.267 e. The summed E-state index contributed by atoms with van der Waals surface area (Å²) >= 11 is 0. The summed E-state index contributed by atoms with van der Waals surface area (Å²) in [5, 5.41) is 15.1. The molecule has 0 fully saturated rings. The Kier molecular flexibility index (Phi) is 3.78. The Labute approximate surface area is 93.9 Å². The van der Waals surface area contributed by atoms with E-state index in [1.807, 2.05) is 38.1 Å². The Hall–Kier alpha value is -2.15. The molecule has 4 nitrogen and oxygen atoms in total. The maximum Gasteiger partial charge on any atom is 0.282 e. The van der Waals surface area contributed by atoms with Crippen molar-refractivity contribution in [2.45, 2.75) is 20.8 Å². The van der Waals surface area contributed by atoms with E-state index in [1.165, 1.54) is 0 Å². The molecule has 1 N–H and O–H groups in total. The van der Waals surface area contributed by atoms with Crippen LogP contribution in [0.3, 0.4) is 0 Å². The lowest BCUT2D eigenvalue weighted by Crippen LogP contribution is -2.16. The van der Waals surface area contributed by atoms with Crippen molar-refractivity contribution < 1.29 is 0 Å². The van der Waals surface area contributed by atoms with E-state index in [9.17, 15) is 4.79 Å². The van der Waals surface area contributed by atoms with E-state index in [-0.39, 0.29) is 5.56 Å². The van der Waals surface area contributed by atoms with Crippen molar-refractivity contribution in [2.75, 3.05) is 0 Å². The maximum absolute atomic E-state index is 11.3. The molecule has 0 amide bonds. The van der Waals surface area contributed by atoms with Gasteiger partial charge in [0.15, 0.2) is 0 Å². The first-order valence-electron chi connectivity index (χ1n) is 4.91. The highest BCUT2D eigenvalue weighted by Gasteiger charge is 2.10. The van der Waals surface area contributed by atoms with Crippen molar-refractivity contribution in [1.82, 2.24) is 10.2 Å². The molecule has 0 aromatic carbocycles. The van der Waals surface area contributed by atoms with Crippen LogP contribution in [0, 0.1) is 18.3 Å². The van der Waals surface area contributed by atoms with E-state index >= 15 is 0 Å². The van der Waals surface area contributed by atoms with Gasteiger partial charge in [-0.3, -0.25) is 4.79 Å². The van der Waals surface area contributed by atoms with Crippen molar-refractivity contribution in [3.8, 4) is 6.07 Å². The van der Waals surface area contributed by atoms with Crippen molar-refractivity contribution in [2.24, 2.45) is 0 Å². The Bertz CT molecular complexity index is 544. The minimum atomic E-state index is -0.442. The van der Waals surface area contributed by atoms with Gasteiger partial charge in [-0.1, -0.05) is 18.2 Å². The molecule has 0 saturated carbocycles. The van der Waals surface area contributed by atoms with Gasteiger partial charge in [0.05, 0.1) is 5.69 Å². The number of nitrogens with zero attached hydrogens (tertiary/aromatic N) is 2. The molecular weight excluding hydrogens is 202 g/mol. The molecule has 1 aromatic heterocycles. The van der Waals surface area contributed by atoms with Gasteiger partial charge in [0, 0.05) is 5.56 Å². The summed E-state index contributed by atoms with van der Waals surface area (Å²) in [5.74, 6) is 0. The van der Waals surface area contributed by atoms with Gasteiger partial charge in [0.25, 0.3) is 5.56 Å². The number of aromatic nitrogens is 2. The Morgan fingerprint density at radius 2 is 2.25 bits per heavy atom. The van der Waals surface area contributed by atoms with Crippen LogP contribution in [0.1, 0.15) is 30.7 Å². The lowest BCUT2D eigenvalue weighted by molar-refractivity contribution is 0.945. The normalized spacial score (nSPS) is 11.8. The molecule has 0 atom stereocenters. The third-order valence-electron chi connectivity index (χ3n) is 2.25. The quantitative estimate of drug-likeness (QED) is 0.766. The summed E-state index contributed by atoms with van der Waals surface area (Å²) in [4.78, 5) is 11.3. The monoisotopic (exact) mass is 215 g/mol. The van der Waals surface area contributed by atoms with Gasteiger partial charge in [0.2, 0.25) is 0 Å².